The number of benzene rings is 2. The third kappa shape index (κ3) is 3.26. The van der Waals surface area contributed by atoms with Gasteiger partial charge in [-0.3, -0.25) is 14.9 Å². The summed E-state index contributed by atoms with van der Waals surface area (Å²) in [6.07, 6.45) is 0. The van der Waals surface area contributed by atoms with Crippen LogP contribution < -0.4 is 11.1 Å². The Morgan fingerprint density at radius 1 is 1.33 bits per heavy atom. The Hall–Kier alpha value is -2.67. The van der Waals surface area contributed by atoms with Crippen LogP contribution in [0.2, 0.25) is 5.02 Å². The van der Waals surface area contributed by atoms with E-state index in [1.165, 1.54) is 24.3 Å². The van der Waals surface area contributed by atoms with E-state index in [2.05, 4.69) is 5.32 Å². The molecule has 1 amide bonds. The maximum absolute atomic E-state index is 13.2. The number of nitrogens with two attached hydrogens (primary N) is 1. The lowest BCUT2D eigenvalue weighted by atomic mass is 10.1. The number of hydrogen-bond donors (Lipinski definition) is 2. The number of carbonyl (C=O) groups is 1. The SMILES string of the molecule is Nc1cccc(C(=O)Nc2cc(F)cc(Cl)c2)c1[N+](=O)[O-]. The molecule has 0 heterocycles. The minimum atomic E-state index is -0.782. The molecule has 0 atom stereocenters. The van der Waals surface area contributed by atoms with E-state index in [0.717, 1.165) is 12.1 Å². The Bertz CT molecular complexity index is 716. The first-order valence-corrected chi connectivity index (χ1v) is 6.06. The summed E-state index contributed by atoms with van der Waals surface area (Å²) in [6.45, 7) is 0. The largest absolute Gasteiger partial charge is 0.393 e. The van der Waals surface area contributed by atoms with Crippen LogP contribution >= 0.6 is 11.6 Å². The highest BCUT2D eigenvalue weighted by Crippen LogP contribution is 2.27. The van der Waals surface area contributed by atoms with Gasteiger partial charge in [0, 0.05) is 10.7 Å². The van der Waals surface area contributed by atoms with Gasteiger partial charge in [0.15, 0.2) is 0 Å². The number of amides is 1. The highest BCUT2D eigenvalue weighted by molar-refractivity contribution is 6.31. The molecule has 0 spiro atoms. The van der Waals surface area contributed by atoms with Crippen LogP contribution in [0.3, 0.4) is 0 Å². The number of halogens is 2. The number of nitro benzene ring substituents is 1. The summed E-state index contributed by atoms with van der Waals surface area (Å²) in [5.41, 5.74) is 4.73. The van der Waals surface area contributed by atoms with Crippen LogP contribution in [0.15, 0.2) is 36.4 Å². The number of nitrogen functional groups attached to an aromatic ring is 1. The molecular weight excluding hydrogens is 301 g/mol. The van der Waals surface area contributed by atoms with Crippen molar-refractivity contribution in [3.05, 3.63) is 62.9 Å². The third-order valence-corrected chi connectivity index (χ3v) is 2.83. The van der Waals surface area contributed by atoms with Gasteiger partial charge in [-0.25, -0.2) is 4.39 Å². The number of nitro groups is 1. The highest BCUT2D eigenvalue weighted by Gasteiger charge is 2.23. The molecule has 0 saturated carbocycles. The van der Waals surface area contributed by atoms with Crippen LogP contribution in [0, 0.1) is 15.9 Å². The van der Waals surface area contributed by atoms with Crippen molar-refractivity contribution in [2.45, 2.75) is 0 Å². The fourth-order valence-electron chi connectivity index (χ4n) is 1.77. The van der Waals surface area contributed by atoms with E-state index in [4.69, 9.17) is 17.3 Å². The zero-order valence-electron chi connectivity index (χ0n) is 10.5. The molecule has 21 heavy (non-hydrogen) atoms. The minimum Gasteiger partial charge on any atom is -0.393 e. The van der Waals surface area contributed by atoms with Crippen LogP contribution in [0.5, 0.6) is 0 Å². The Labute approximate surface area is 123 Å². The van der Waals surface area contributed by atoms with Gasteiger partial charge in [0.1, 0.15) is 17.1 Å². The molecule has 0 bridgehead atoms. The average molecular weight is 310 g/mol. The highest BCUT2D eigenvalue weighted by atomic mass is 35.5. The Morgan fingerprint density at radius 3 is 2.67 bits per heavy atom. The zero-order chi connectivity index (χ0) is 15.6. The number of nitrogens with zero attached hydrogens (tertiary/aromatic N) is 1. The molecule has 108 valence electrons. The standard InChI is InChI=1S/C13H9ClFN3O3/c14-7-4-8(15)6-9(5-7)17-13(19)10-2-1-3-11(16)12(10)18(20)21/h1-6H,16H2,(H,17,19). The Balaban J connectivity index is 2.37. The van der Waals surface area contributed by atoms with Crippen LogP contribution in [-0.2, 0) is 0 Å². The smallest absolute Gasteiger partial charge is 0.304 e. The number of hydrogen-bond acceptors (Lipinski definition) is 4. The maximum Gasteiger partial charge on any atom is 0.304 e. The fraction of sp³-hybridized carbons (Fsp3) is 0. The average Bonchev–Trinajstić information content (AvgIpc) is 2.36. The normalized spacial score (nSPS) is 10.2. The number of nitrogens with one attached hydrogen (secondary N) is 1. The van der Waals surface area contributed by atoms with Crippen molar-refractivity contribution in [2.75, 3.05) is 11.1 Å². The molecule has 0 unspecified atom stereocenters. The predicted molar refractivity (Wildman–Crippen MR) is 76.9 cm³/mol. The molecule has 0 aromatic heterocycles. The molecule has 3 N–H and O–H groups in total. The fourth-order valence-corrected chi connectivity index (χ4v) is 1.99. The second-order valence-electron chi connectivity index (χ2n) is 4.11. The van der Waals surface area contributed by atoms with Gasteiger partial charge in [0.25, 0.3) is 5.91 Å². The van der Waals surface area contributed by atoms with Gasteiger partial charge in [-0.05, 0) is 30.3 Å². The van der Waals surface area contributed by atoms with Gasteiger partial charge >= 0.3 is 5.69 Å². The van der Waals surface area contributed by atoms with Gasteiger partial charge in [-0.1, -0.05) is 17.7 Å². The van der Waals surface area contributed by atoms with E-state index in [9.17, 15) is 19.3 Å². The van der Waals surface area contributed by atoms with Crippen molar-refractivity contribution in [1.29, 1.82) is 0 Å². The topological polar surface area (TPSA) is 98.3 Å². The molecule has 2 rings (SSSR count). The summed E-state index contributed by atoms with van der Waals surface area (Å²) in [5, 5.41) is 13.4. The lowest BCUT2D eigenvalue weighted by Gasteiger charge is -2.07. The molecule has 2 aromatic rings. The van der Waals surface area contributed by atoms with Gasteiger partial charge in [0.2, 0.25) is 0 Å². The lowest BCUT2D eigenvalue weighted by Crippen LogP contribution is -2.15. The lowest BCUT2D eigenvalue weighted by molar-refractivity contribution is -0.384. The van der Waals surface area contributed by atoms with Crippen molar-refractivity contribution in [2.24, 2.45) is 0 Å². The summed E-state index contributed by atoms with van der Waals surface area (Å²) in [7, 11) is 0. The number of carbonyl (C=O) groups excluding carboxylic acids is 1. The van der Waals surface area contributed by atoms with Crippen molar-refractivity contribution < 1.29 is 14.1 Å². The first-order valence-electron chi connectivity index (χ1n) is 5.69. The van der Waals surface area contributed by atoms with E-state index in [-0.39, 0.29) is 22.0 Å². The Kier molecular flexibility index (Phi) is 4.04. The van der Waals surface area contributed by atoms with Gasteiger partial charge < -0.3 is 11.1 Å². The van der Waals surface area contributed by atoms with Crippen LogP contribution in [0.25, 0.3) is 0 Å². The number of anilines is 2. The number of para-hydroxylation sites is 1. The first-order chi connectivity index (χ1) is 9.88. The molecule has 8 heteroatoms. The zero-order valence-corrected chi connectivity index (χ0v) is 11.2. The molecule has 0 saturated heterocycles. The molecule has 0 radical (unpaired) electrons. The van der Waals surface area contributed by atoms with Gasteiger partial charge in [0.05, 0.1) is 4.92 Å². The first kappa shape index (κ1) is 14.7. The van der Waals surface area contributed by atoms with Gasteiger partial charge in [-0.2, -0.15) is 0 Å². The summed E-state index contributed by atoms with van der Waals surface area (Å²) < 4.78 is 13.2. The summed E-state index contributed by atoms with van der Waals surface area (Å²) >= 11 is 5.67. The van der Waals surface area contributed by atoms with Crippen LogP contribution in [0.1, 0.15) is 10.4 Å². The van der Waals surface area contributed by atoms with Crippen molar-refractivity contribution >= 4 is 34.6 Å². The third-order valence-electron chi connectivity index (χ3n) is 2.61. The Morgan fingerprint density at radius 2 is 2.05 bits per heavy atom. The summed E-state index contributed by atoms with van der Waals surface area (Å²) in [4.78, 5) is 22.3. The van der Waals surface area contributed by atoms with Crippen LogP contribution in [0.4, 0.5) is 21.5 Å². The van der Waals surface area contributed by atoms with E-state index in [1.807, 2.05) is 0 Å². The molecule has 0 aliphatic carbocycles. The molecule has 0 aliphatic rings. The molecule has 2 aromatic carbocycles. The second kappa shape index (κ2) is 5.76. The molecular formula is C13H9ClFN3O3. The summed E-state index contributed by atoms with van der Waals surface area (Å²) in [6, 6.07) is 7.41. The van der Waals surface area contributed by atoms with E-state index in [0.29, 0.717) is 0 Å². The quantitative estimate of drug-likeness (QED) is 0.516. The molecule has 0 fully saturated rings. The number of rotatable bonds is 3. The van der Waals surface area contributed by atoms with E-state index >= 15 is 0 Å². The van der Waals surface area contributed by atoms with Gasteiger partial charge in [-0.15, -0.1) is 0 Å². The minimum absolute atomic E-state index is 0.0849. The molecule has 6 nitrogen and oxygen atoms in total. The van der Waals surface area contributed by atoms with Crippen molar-refractivity contribution in [3.63, 3.8) is 0 Å². The maximum atomic E-state index is 13.2. The summed E-state index contributed by atoms with van der Waals surface area (Å²) in [5.74, 6) is -1.42. The van der Waals surface area contributed by atoms with E-state index < -0.39 is 22.3 Å². The monoisotopic (exact) mass is 309 g/mol. The van der Waals surface area contributed by atoms with E-state index in [1.54, 1.807) is 0 Å². The molecule has 0 aliphatic heterocycles. The van der Waals surface area contributed by atoms with Crippen molar-refractivity contribution in [1.82, 2.24) is 0 Å². The van der Waals surface area contributed by atoms with Crippen LogP contribution in [-0.4, -0.2) is 10.8 Å². The predicted octanol–water partition coefficient (Wildman–Crippen LogP) is 3.22. The second-order valence-corrected chi connectivity index (χ2v) is 4.55. The van der Waals surface area contributed by atoms with Crippen molar-refractivity contribution in [3.8, 4) is 0 Å².